The molecule has 0 bridgehead atoms. The predicted molar refractivity (Wildman–Crippen MR) is 113 cm³/mol. The van der Waals surface area contributed by atoms with Crippen LogP contribution in [0, 0.1) is 6.92 Å². The molecule has 0 saturated carbocycles. The lowest BCUT2D eigenvalue weighted by atomic mass is 10.1. The first kappa shape index (κ1) is 18.4. The number of carbonyl (C=O) groups is 1. The van der Waals surface area contributed by atoms with Crippen LogP contribution in [0.5, 0.6) is 11.6 Å². The van der Waals surface area contributed by atoms with Crippen LogP contribution in [0.1, 0.15) is 15.9 Å². The number of aryl methyl sites for hydroxylation is 1. The molecular formula is C24H19N3O2. The molecule has 4 rings (SSSR count). The number of aromatic nitrogens is 2. The smallest absolute Gasteiger partial charge is 0.255 e. The summed E-state index contributed by atoms with van der Waals surface area (Å²) in [5.74, 6) is 1.46. The third-order valence-electron chi connectivity index (χ3n) is 4.28. The number of hydrogen-bond donors (Lipinski definition) is 1. The van der Waals surface area contributed by atoms with Gasteiger partial charge in [0.15, 0.2) is 5.82 Å². The number of benzene rings is 3. The molecule has 1 amide bonds. The Balaban J connectivity index is 1.46. The van der Waals surface area contributed by atoms with Gasteiger partial charge in [0.2, 0.25) is 5.88 Å². The number of carbonyl (C=O) groups excluding carboxylic acids is 1. The Kier molecular flexibility index (Phi) is 5.29. The van der Waals surface area contributed by atoms with Crippen LogP contribution in [-0.2, 0) is 0 Å². The molecule has 4 aromatic rings. The van der Waals surface area contributed by atoms with Crippen molar-refractivity contribution in [2.45, 2.75) is 6.92 Å². The van der Waals surface area contributed by atoms with Crippen LogP contribution >= 0.6 is 0 Å². The first-order valence-corrected chi connectivity index (χ1v) is 9.22. The summed E-state index contributed by atoms with van der Waals surface area (Å²) in [7, 11) is 0. The molecule has 0 spiro atoms. The fourth-order valence-electron chi connectivity index (χ4n) is 2.84. The van der Waals surface area contributed by atoms with E-state index >= 15 is 0 Å². The third-order valence-corrected chi connectivity index (χ3v) is 4.28. The summed E-state index contributed by atoms with van der Waals surface area (Å²) in [6.45, 7) is 2.03. The van der Waals surface area contributed by atoms with Crippen LogP contribution in [0.15, 0.2) is 91.1 Å². The fourth-order valence-corrected chi connectivity index (χ4v) is 2.84. The number of amides is 1. The summed E-state index contributed by atoms with van der Waals surface area (Å²) in [4.78, 5) is 21.1. The lowest BCUT2D eigenvalue weighted by Gasteiger charge is -2.08. The maximum absolute atomic E-state index is 12.3. The van der Waals surface area contributed by atoms with Crippen LogP contribution in [0.2, 0.25) is 0 Å². The number of rotatable bonds is 5. The van der Waals surface area contributed by atoms with Gasteiger partial charge in [-0.05, 0) is 49.4 Å². The number of anilines is 1. The van der Waals surface area contributed by atoms with Crippen LogP contribution < -0.4 is 10.1 Å². The van der Waals surface area contributed by atoms with E-state index in [9.17, 15) is 4.79 Å². The molecular weight excluding hydrogens is 362 g/mol. The van der Waals surface area contributed by atoms with Gasteiger partial charge >= 0.3 is 0 Å². The summed E-state index contributed by atoms with van der Waals surface area (Å²) in [5.41, 5.74) is 3.37. The van der Waals surface area contributed by atoms with Gasteiger partial charge in [0.25, 0.3) is 5.91 Å². The van der Waals surface area contributed by atoms with E-state index in [0.29, 0.717) is 23.0 Å². The summed E-state index contributed by atoms with van der Waals surface area (Å²) in [5, 5.41) is 2.86. The summed E-state index contributed by atoms with van der Waals surface area (Å²) in [6, 6.07) is 26.0. The summed E-state index contributed by atoms with van der Waals surface area (Å²) in [6.07, 6.45) is 1.67. The lowest BCUT2D eigenvalue weighted by molar-refractivity contribution is 0.102. The van der Waals surface area contributed by atoms with Crippen molar-refractivity contribution in [1.29, 1.82) is 0 Å². The number of nitrogens with zero attached hydrogens (tertiary/aromatic N) is 2. The quantitative estimate of drug-likeness (QED) is 0.496. The topological polar surface area (TPSA) is 64.1 Å². The lowest BCUT2D eigenvalue weighted by Crippen LogP contribution is -2.11. The van der Waals surface area contributed by atoms with E-state index in [-0.39, 0.29) is 5.91 Å². The first-order chi connectivity index (χ1) is 14.2. The molecule has 3 aromatic carbocycles. The van der Waals surface area contributed by atoms with Gasteiger partial charge in [-0.3, -0.25) is 4.79 Å². The van der Waals surface area contributed by atoms with Gasteiger partial charge in [0.1, 0.15) is 5.75 Å². The largest absolute Gasteiger partial charge is 0.439 e. The molecule has 0 atom stereocenters. The second-order valence-corrected chi connectivity index (χ2v) is 6.53. The SMILES string of the molecule is Cc1cccc(-c2nccc(Oc3ccc(C(=O)Nc4ccccc4)cc3)n2)c1. The molecule has 0 radical (unpaired) electrons. The molecule has 5 heteroatoms. The van der Waals surface area contributed by atoms with Gasteiger partial charge in [-0.25, -0.2) is 4.98 Å². The molecule has 29 heavy (non-hydrogen) atoms. The molecule has 0 aliphatic rings. The first-order valence-electron chi connectivity index (χ1n) is 9.22. The second kappa shape index (κ2) is 8.35. The Labute approximate surface area is 169 Å². The molecule has 1 heterocycles. The average molecular weight is 381 g/mol. The maximum atomic E-state index is 12.3. The number of para-hydroxylation sites is 1. The van der Waals surface area contributed by atoms with E-state index in [4.69, 9.17) is 4.74 Å². The van der Waals surface area contributed by atoms with Crippen LogP contribution in [0.3, 0.4) is 0 Å². The molecule has 0 saturated heterocycles. The van der Waals surface area contributed by atoms with Gasteiger partial charge in [0, 0.05) is 29.1 Å². The van der Waals surface area contributed by atoms with Crippen molar-refractivity contribution >= 4 is 11.6 Å². The van der Waals surface area contributed by atoms with Crippen LogP contribution in [0.25, 0.3) is 11.4 Å². The van der Waals surface area contributed by atoms with Gasteiger partial charge in [-0.1, -0.05) is 42.0 Å². The highest BCUT2D eigenvalue weighted by Gasteiger charge is 2.08. The Morgan fingerprint density at radius 2 is 1.69 bits per heavy atom. The van der Waals surface area contributed by atoms with E-state index in [1.807, 2.05) is 61.5 Å². The average Bonchev–Trinajstić information content (AvgIpc) is 2.75. The van der Waals surface area contributed by atoms with Crippen molar-refractivity contribution in [3.05, 3.63) is 102 Å². The fraction of sp³-hybridized carbons (Fsp3) is 0.0417. The van der Waals surface area contributed by atoms with Crippen molar-refractivity contribution < 1.29 is 9.53 Å². The molecule has 0 aliphatic heterocycles. The minimum Gasteiger partial charge on any atom is -0.439 e. The van der Waals surface area contributed by atoms with Gasteiger partial charge in [-0.2, -0.15) is 4.98 Å². The standard InChI is InChI=1S/C24H19N3O2/c1-17-6-5-7-19(16-17)23-25-15-14-22(27-23)29-21-12-10-18(11-13-21)24(28)26-20-8-3-2-4-9-20/h2-16H,1H3,(H,26,28). The zero-order valence-corrected chi connectivity index (χ0v) is 15.9. The van der Waals surface area contributed by atoms with Crippen molar-refractivity contribution in [3.8, 4) is 23.0 Å². The molecule has 142 valence electrons. The second-order valence-electron chi connectivity index (χ2n) is 6.53. The minimum absolute atomic E-state index is 0.175. The van der Waals surface area contributed by atoms with Crippen LogP contribution in [-0.4, -0.2) is 15.9 Å². The Morgan fingerprint density at radius 1 is 0.897 bits per heavy atom. The molecule has 0 fully saturated rings. The molecule has 1 N–H and O–H groups in total. The zero-order chi connectivity index (χ0) is 20.1. The predicted octanol–water partition coefficient (Wildman–Crippen LogP) is 5.50. The van der Waals surface area contributed by atoms with Crippen molar-refractivity contribution in [3.63, 3.8) is 0 Å². The van der Waals surface area contributed by atoms with Crippen LogP contribution in [0.4, 0.5) is 5.69 Å². The molecule has 5 nitrogen and oxygen atoms in total. The zero-order valence-electron chi connectivity index (χ0n) is 15.9. The minimum atomic E-state index is -0.175. The highest BCUT2D eigenvalue weighted by Crippen LogP contribution is 2.23. The Morgan fingerprint density at radius 3 is 2.45 bits per heavy atom. The van der Waals surface area contributed by atoms with Gasteiger partial charge in [-0.15, -0.1) is 0 Å². The monoisotopic (exact) mass is 381 g/mol. The molecule has 1 aromatic heterocycles. The highest BCUT2D eigenvalue weighted by atomic mass is 16.5. The summed E-state index contributed by atoms with van der Waals surface area (Å²) < 4.78 is 5.84. The van der Waals surface area contributed by atoms with E-state index in [1.54, 1.807) is 36.5 Å². The number of hydrogen-bond acceptors (Lipinski definition) is 4. The van der Waals surface area contributed by atoms with E-state index in [2.05, 4.69) is 15.3 Å². The van der Waals surface area contributed by atoms with Gasteiger partial charge in [0.05, 0.1) is 0 Å². The van der Waals surface area contributed by atoms with Crippen molar-refractivity contribution in [1.82, 2.24) is 9.97 Å². The number of ether oxygens (including phenoxy) is 1. The normalized spacial score (nSPS) is 10.4. The Hall–Kier alpha value is -3.99. The van der Waals surface area contributed by atoms with E-state index in [0.717, 1.165) is 16.8 Å². The molecule has 0 unspecified atom stereocenters. The van der Waals surface area contributed by atoms with Gasteiger partial charge < -0.3 is 10.1 Å². The molecule has 0 aliphatic carbocycles. The van der Waals surface area contributed by atoms with E-state index in [1.165, 1.54) is 0 Å². The highest BCUT2D eigenvalue weighted by molar-refractivity contribution is 6.04. The Bertz CT molecular complexity index is 1130. The van der Waals surface area contributed by atoms with Crippen molar-refractivity contribution in [2.24, 2.45) is 0 Å². The maximum Gasteiger partial charge on any atom is 0.255 e. The van der Waals surface area contributed by atoms with Crippen molar-refractivity contribution in [2.75, 3.05) is 5.32 Å². The number of nitrogens with one attached hydrogen (secondary N) is 1. The van der Waals surface area contributed by atoms with E-state index < -0.39 is 0 Å². The third kappa shape index (κ3) is 4.65. The summed E-state index contributed by atoms with van der Waals surface area (Å²) >= 11 is 0.